The molecule has 0 spiro atoms. The maximum atomic E-state index is 12.2. The minimum Gasteiger partial charge on any atom is -0.494 e. The van der Waals surface area contributed by atoms with Crippen LogP contribution < -0.4 is 10.1 Å². The van der Waals surface area contributed by atoms with Crippen LogP contribution in [0.2, 0.25) is 0 Å². The van der Waals surface area contributed by atoms with Gasteiger partial charge in [-0.05, 0) is 43.9 Å². The first-order chi connectivity index (χ1) is 12.1. The van der Waals surface area contributed by atoms with Crippen molar-refractivity contribution in [2.75, 3.05) is 19.7 Å². The molecule has 25 heavy (non-hydrogen) atoms. The molecule has 1 fully saturated rings. The van der Waals surface area contributed by atoms with Crippen molar-refractivity contribution in [3.8, 4) is 5.75 Å². The van der Waals surface area contributed by atoms with Crippen LogP contribution in [0.1, 0.15) is 51.5 Å². The summed E-state index contributed by atoms with van der Waals surface area (Å²) in [6, 6.07) is 7.82. The van der Waals surface area contributed by atoms with Crippen molar-refractivity contribution < 1.29 is 14.3 Å². The van der Waals surface area contributed by atoms with Crippen molar-refractivity contribution in [2.45, 2.75) is 58.4 Å². The second kappa shape index (κ2) is 10.1. The molecular weight excluding hydrogens is 316 g/mol. The molecule has 1 aliphatic rings. The molecule has 2 amide bonds. The van der Waals surface area contributed by atoms with Crippen LogP contribution in [0.15, 0.2) is 24.3 Å². The molecule has 138 valence electrons. The molecule has 1 aromatic rings. The predicted octanol–water partition coefficient (Wildman–Crippen LogP) is 2.93. The van der Waals surface area contributed by atoms with Crippen molar-refractivity contribution in [1.29, 1.82) is 0 Å². The summed E-state index contributed by atoms with van der Waals surface area (Å²) in [4.78, 5) is 26.2. The standard InChI is InChI=1S/C20H30N2O3/c1-3-5-6-20(24)22-13-11-17(12-14-22)21-19(23)15-16-7-9-18(10-8-16)25-4-2/h7-10,17H,3-6,11-15H2,1-2H3,(H,21,23). The van der Waals surface area contributed by atoms with E-state index in [9.17, 15) is 9.59 Å². The summed E-state index contributed by atoms with van der Waals surface area (Å²) in [6.07, 6.45) is 4.70. The fraction of sp³-hybridized carbons (Fsp3) is 0.600. The van der Waals surface area contributed by atoms with Crippen LogP contribution in [-0.4, -0.2) is 42.5 Å². The van der Waals surface area contributed by atoms with Crippen molar-refractivity contribution in [3.05, 3.63) is 29.8 Å². The Hall–Kier alpha value is -2.04. The molecule has 0 aliphatic carbocycles. The SMILES string of the molecule is CCCCC(=O)N1CCC(NC(=O)Cc2ccc(OCC)cc2)CC1. The maximum Gasteiger partial charge on any atom is 0.224 e. The Labute approximate surface area is 150 Å². The van der Waals surface area contributed by atoms with Crippen LogP contribution in [-0.2, 0) is 16.0 Å². The zero-order chi connectivity index (χ0) is 18.1. The van der Waals surface area contributed by atoms with Gasteiger partial charge in [-0.15, -0.1) is 0 Å². The number of carbonyl (C=O) groups is 2. The second-order valence-electron chi connectivity index (χ2n) is 6.58. The lowest BCUT2D eigenvalue weighted by Gasteiger charge is -2.32. The molecule has 0 unspecified atom stereocenters. The van der Waals surface area contributed by atoms with E-state index in [4.69, 9.17) is 4.74 Å². The summed E-state index contributed by atoms with van der Waals surface area (Å²) in [5.74, 6) is 1.12. The third kappa shape index (κ3) is 6.40. The van der Waals surface area contributed by atoms with Gasteiger partial charge >= 0.3 is 0 Å². The van der Waals surface area contributed by atoms with Crippen LogP contribution >= 0.6 is 0 Å². The molecule has 1 aromatic carbocycles. The third-order valence-corrected chi connectivity index (χ3v) is 4.56. The van der Waals surface area contributed by atoms with Crippen molar-refractivity contribution in [3.63, 3.8) is 0 Å². The quantitative estimate of drug-likeness (QED) is 0.787. The summed E-state index contributed by atoms with van der Waals surface area (Å²) < 4.78 is 5.41. The lowest BCUT2D eigenvalue weighted by Crippen LogP contribution is -2.46. The van der Waals surface area contributed by atoms with E-state index >= 15 is 0 Å². The number of rotatable bonds is 8. The van der Waals surface area contributed by atoms with Gasteiger partial charge in [0.15, 0.2) is 0 Å². The van der Waals surface area contributed by atoms with Gasteiger partial charge in [0.25, 0.3) is 0 Å². The minimum atomic E-state index is 0.0416. The molecule has 0 bridgehead atoms. The molecular formula is C20H30N2O3. The topological polar surface area (TPSA) is 58.6 Å². The molecule has 5 nitrogen and oxygen atoms in total. The average molecular weight is 346 g/mol. The number of ether oxygens (including phenoxy) is 1. The van der Waals surface area contributed by atoms with Gasteiger partial charge < -0.3 is 15.0 Å². The first kappa shape index (κ1) is 19.3. The van der Waals surface area contributed by atoms with Crippen LogP contribution in [0.3, 0.4) is 0 Å². The lowest BCUT2D eigenvalue weighted by atomic mass is 10.0. The van der Waals surface area contributed by atoms with E-state index in [0.717, 1.165) is 50.1 Å². The van der Waals surface area contributed by atoms with E-state index in [-0.39, 0.29) is 17.9 Å². The van der Waals surface area contributed by atoms with Gasteiger partial charge in [-0.1, -0.05) is 25.5 Å². The molecule has 0 saturated carbocycles. The highest BCUT2D eigenvalue weighted by atomic mass is 16.5. The van der Waals surface area contributed by atoms with E-state index in [0.29, 0.717) is 19.4 Å². The fourth-order valence-electron chi connectivity index (χ4n) is 3.09. The number of amides is 2. The number of nitrogens with one attached hydrogen (secondary N) is 1. The Bertz CT molecular complexity index is 549. The van der Waals surface area contributed by atoms with Crippen LogP contribution in [0.4, 0.5) is 0 Å². The van der Waals surface area contributed by atoms with Gasteiger partial charge in [0.05, 0.1) is 13.0 Å². The number of benzene rings is 1. The highest BCUT2D eigenvalue weighted by Crippen LogP contribution is 2.14. The highest BCUT2D eigenvalue weighted by molar-refractivity contribution is 5.79. The van der Waals surface area contributed by atoms with E-state index in [1.54, 1.807) is 0 Å². The van der Waals surface area contributed by atoms with Crippen LogP contribution in [0, 0.1) is 0 Å². The zero-order valence-electron chi connectivity index (χ0n) is 15.4. The largest absolute Gasteiger partial charge is 0.494 e. The first-order valence-electron chi connectivity index (χ1n) is 9.41. The Morgan fingerprint density at radius 1 is 1.16 bits per heavy atom. The Morgan fingerprint density at radius 2 is 1.84 bits per heavy atom. The van der Waals surface area contributed by atoms with Gasteiger partial charge in [-0.3, -0.25) is 9.59 Å². The average Bonchev–Trinajstić information content (AvgIpc) is 2.62. The van der Waals surface area contributed by atoms with Crippen molar-refractivity contribution in [2.24, 2.45) is 0 Å². The second-order valence-corrected chi connectivity index (χ2v) is 6.58. The molecule has 1 N–H and O–H groups in total. The lowest BCUT2D eigenvalue weighted by molar-refractivity contribution is -0.132. The molecule has 0 atom stereocenters. The normalized spacial score (nSPS) is 15.0. The fourth-order valence-corrected chi connectivity index (χ4v) is 3.09. The van der Waals surface area contributed by atoms with Crippen LogP contribution in [0.5, 0.6) is 5.75 Å². The summed E-state index contributed by atoms with van der Waals surface area (Å²) >= 11 is 0. The molecule has 0 aromatic heterocycles. The molecule has 0 radical (unpaired) electrons. The smallest absolute Gasteiger partial charge is 0.224 e. The number of unbranched alkanes of at least 4 members (excludes halogenated alkanes) is 1. The van der Waals surface area contributed by atoms with Crippen LogP contribution in [0.25, 0.3) is 0 Å². The highest BCUT2D eigenvalue weighted by Gasteiger charge is 2.23. The summed E-state index contributed by atoms with van der Waals surface area (Å²) in [7, 11) is 0. The zero-order valence-corrected chi connectivity index (χ0v) is 15.4. The molecule has 1 heterocycles. The third-order valence-electron chi connectivity index (χ3n) is 4.56. The maximum absolute atomic E-state index is 12.2. The number of nitrogens with zero attached hydrogens (tertiary/aromatic N) is 1. The monoisotopic (exact) mass is 346 g/mol. The van der Waals surface area contributed by atoms with Gasteiger partial charge in [0.2, 0.25) is 11.8 Å². The van der Waals surface area contributed by atoms with E-state index in [1.165, 1.54) is 0 Å². The summed E-state index contributed by atoms with van der Waals surface area (Å²) in [6.45, 7) is 6.18. The number of hydrogen-bond acceptors (Lipinski definition) is 3. The number of carbonyl (C=O) groups excluding carboxylic acids is 2. The molecule has 2 rings (SSSR count). The van der Waals surface area contributed by atoms with Gasteiger partial charge in [-0.25, -0.2) is 0 Å². The Kier molecular flexibility index (Phi) is 7.76. The number of piperidine rings is 1. The Balaban J connectivity index is 1.72. The van der Waals surface area contributed by atoms with Crippen molar-refractivity contribution >= 4 is 11.8 Å². The van der Waals surface area contributed by atoms with E-state index < -0.39 is 0 Å². The number of hydrogen-bond donors (Lipinski definition) is 1. The van der Waals surface area contributed by atoms with Gasteiger partial charge in [-0.2, -0.15) is 0 Å². The van der Waals surface area contributed by atoms with Crippen molar-refractivity contribution in [1.82, 2.24) is 10.2 Å². The van der Waals surface area contributed by atoms with Gasteiger partial charge in [0, 0.05) is 25.6 Å². The minimum absolute atomic E-state index is 0.0416. The van der Waals surface area contributed by atoms with E-state index in [1.807, 2.05) is 36.1 Å². The molecule has 5 heteroatoms. The van der Waals surface area contributed by atoms with Gasteiger partial charge in [0.1, 0.15) is 5.75 Å². The Morgan fingerprint density at radius 3 is 2.44 bits per heavy atom. The predicted molar refractivity (Wildman–Crippen MR) is 98.6 cm³/mol. The number of likely N-dealkylation sites (tertiary alicyclic amines) is 1. The summed E-state index contributed by atoms with van der Waals surface area (Å²) in [5, 5.41) is 3.10. The molecule has 1 aliphatic heterocycles. The van der Waals surface area contributed by atoms with E-state index in [2.05, 4.69) is 12.2 Å². The molecule has 1 saturated heterocycles. The first-order valence-corrected chi connectivity index (χ1v) is 9.41. The summed E-state index contributed by atoms with van der Waals surface area (Å²) in [5.41, 5.74) is 0.980.